The molecule has 1 aliphatic heterocycles. The van der Waals surface area contributed by atoms with E-state index in [4.69, 9.17) is 9.47 Å². The molecule has 0 unspecified atom stereocenters. The van der Waals surface area contributed by atoms with Crippen LogP contribution in [0.5, 0.6) is 11.5 Å². The molecule has 2 heterocycles. The molecule has 3 aromatic rings. The molecule has 0 atom stereocenters. The van der Waals surface area contributed by atoms with Crippen molar-refractivity contribution in [1.29, 1.82) is 0 Å². The molecule has 2 aliphatic rings. The maximum atomic E-state index is 13.3. The van der Waals surface area contributed by atoms with Crippen LogP contribution >= 0.6 is 0 Å². The van der Waals surface area contributed by atoms with Crippen LogP contribution in [0.1, 0.15) is 36.8 Å². The fourth-order valence-electron chi connectivity index (χ4n) is 4.55. The second-order valence-electron chi connectivity index (χ2n) is 8.04. The van der Waals surface area contributed by atoms with Gasteiger partial charge in [-0.25, -0.2) is 0 Å². The summed E-state index contributed by atoms with van der Waals surface area (Å²) in [6.45, 7) is 1.59. The van der Waals surface area contributed by atoms with Gasteiger partial charge in [-0.2, -0.15) is 0 Å². The first-order valence-corrected chi connectivity index (χ1v) is 10.5. The number of aromatic nitrogens is 1. The summed E-state index contributed by atoms with van der Waals surface area (Å²) in [7, 11) is 0. The van der Waals surface area contributed by atoms with Gasteiger partial charge in [-0.05, 0) is 48.6 Å². The third-order valence-electron chi connectivity index (χ3n) is 6.15. The smallest absolute Gasteiger partial charge is 0.231 e. The average molecular weight is 390 g/mol. The van der Waals surface area contributed by atoms with E-state index in [9.17, 15) is 4.79 Å². The van der Waals surface area contributed by atoms with E-state index in [0.717, 1.165) is 54.7 Å². The number of rotatable bonds is 6. The van der Waals surface area contributed by atoms with Crippen molar-refractivity contribution in [2.24, 2.45) is 5.92 Å². The van der Waals surface area contributed by atoms with Crippen molar-refractivity contribution in [3.05, 3.63) is 59.8 Å². The molecule has 5 rings (SSSR count). The van der Waals surface area contributed by atoms with Crippen LogP contribution in [0, 0.1) is 5.92 Å². The van der Waals surface area contributed by atoms with Gasteiger partial charge >= 0.3 is 0 Å². The van der Waals surface area contributed by atoms with Gasteiger partial charge in [0.25, 0.3) is 0 Å². The number of hydrogen-bond donors (Lipinski definition) is 1. The number of nitrogens with one attached hydrogen (secondary N) is 1. The number of fused-ring (bicyclic) bond motifs is 2. The number of amides is 1. The van der Waals surface area contributed by atoms with Crippen molar-refractivity contribution in [1.82, 2.24) is 9.88 Å². The van der Waals surface area contributed by atoms with E-state index in [1.807, 2.05) is 29.2 Å². The predicted octanol–water partition coefficient (Wildman–Crippen LogP) is 4.66. The van der Waals surface area contributed by atoms with E-state index in [0.29, 0.717) is 19.0 Å². The van der Waals surface area contributed by atoms with Crippen molar-refractivity contribution in [3.63, 3.8) is 0 Å². The maximum Gasteiger partial charge on any atom is 0.231 e. The predicted molar refractivity (Wildman–Crippen MR) is 112 cm³/mol. The molecule has 0 radical (unpaired) electrons. The maximum absolute atomic E-state index is 13.3. The number of nitrogens with zero attached hydrogens (tertiary/aromatic N) is 1. The lowest BCUT2D eigenvalue weighted by molar-refractivity contribution is -0.136. The second kappa shape index (κ2) is 7.82. The van der Waals surface area contributed by atoms with Crippen LogP contribution in [0.25, 0.3) is 10.9 Å². The SMILES string of the molecule is O=C(C1CCCC1)N(CCc1c[nH]c2ccccc12)Cc1ccc2c(c1)OCO2. The minimum absolute atomic E-state index is 0.173. The van der Waals surface area contributed by atoms with Crippen LogP contribution in [0.15, 0.2) is 48.7 Å². The molecule has 2 aromatic carbocycles. The molecule has 1 aromatic heterocycles. The zero-order chi connectivity index (χ0) is 19.6. The normalized spacial score (nSPS) is 15.9. The number of benzene rings is 2. The third-order valence-corrected chi connectivity index (χ3v) is 6.15. The Kier molecular flexibility index (Phi) is 4.88. The zero-order valence-corrected chi connectivity index (χ0v) is 16.5. The van der Waals surface area contributed by atoms with Crippen molar-refractivity contribution >= 4 is 16.8 Å². The standard InChI is InChI=1S/C24H26N2O3/c27-24(18-5-1-2-6-18)26(15-17-9-10-22-23(13-17)29-16-28-22)12-11-19-14-25-21-8-4-3-7-20(19)21/h3-4,7-10,13-14,18,25H,1-2,5-6,11-12,15-16H2. The first-order chi connectivity index (χ1) is 14.3. The van der Waals surface area contributed by atoms with Crippen LogP contribution in [0.3, 0.4) is 0 Å². The van der Waals surface area contributed by atoms with Crippen LogP contribution in [0.4, 0.5) is 0 Å². The largest absolute Gasteiger partial charge is 0.454 e. The minimum Gasteiger partial charge on any atom is -0.454 e. The molecular weight excluding hydrogens is 364 g/mol. The summed E-state index contributed by atoms with van der Waals surface area (Å²) in [6, 6.07) is 14.3. The van der Waals surface area contributed by atoms with Gasteiger partial charge in [0.2, 0.25) is 12.7 Å². The lowest BCUT2D eigenvalue weighted by Gasteiger charge is -2.26. The van der Waals surface area contributed by atoms with Gasteiger partial charge in [0.15, 0.2) is 11.5 Å². The number of ether oxygens (including phenoxy) is 2. The van der Waals surface area contributed by atoms with Crippen molar-refractivity contribution in [3.8, 4) is 11.5 Å². The Bertz CT molecular complexity index is 1020. The van der Waals surface area contributed by atoms with Crippen molar-refractivity contribution in [2.75, 3.05) is 13.3 Å². The molecule has 0 bridgehead atoms. The summed E-state index contributed by atoms with van der Waals surface area (Å²) in [4.78, 5) is 18.6. The molecule has 5 nitrogen and oxygen atoms in total. The highest BCUT2D eigenvalue weighted by Crippen LogP contribution is 2.33. The molecular formula is C24H26N2O3. The summed E-state index contributed by atoms with van der Waals surface area (Å²) >= 11 is 0. The van der Waals surface area contributed by atoms with E-state index in [1.165, 1.54) is 10.9 Å². The van der Waals surface area contributed by atoms with Gasteiger partial charge in [0, 0.05) is 36.1 Å². The summed E-state index contributed by atoms with van der Waals surface area (Å²) in [5.74, 6) is 2.01. The molecule has 150 valence electrons. The topological polar surface area (TPSA) is 54.6 Å². The summed E-state index contributed by atoms with van der Waals surface area (Å²) in [5.41, 5.74) is 3.49. The average Bonchev–Trinajstić information content (AvgIpc) is 3.51. The second-order valence-corrected chi connectivity index (χ2v) is 8.04. The molecule has 0 saturated heterocycles. The van der Waals surface area contributed by atoms with Crippen LogP contribution in [-0.4, -0.2) is 29.1 Å². The van der Waals surface area contributed by atoms with Gasteiger partial charge < -0.3 is 19.4 Å². The third kappa shape index (κ3) is 3.69. The molecule has 1 saturated carbocycles. The van der Waals surface area contributed by atoms with Crippen LogP contribution in [0.2, 0.25) is 0 Å². The Labute approximate surface area is 170 Å². The highest BCUT2D eigenvalue weighted by Gasteiger charge is 2.27. The molecule has 5 heteroatoms. The lowest BCUT2D eigenvalue weighted by atomic mass is 10.0. The van der Waals surface area contributed by atoms with E-state index >= 15 is 0 Å². The van der Waals surface area contributed by atoms with E-state index in [1.54, 1.807) is 0 Å². The monoisotopic (exact) mass is 390 g/mol. The number of hydrogen-bond acceptors (Lipinski definition) is 3. The van der Waals surface area contributed by atoms with Gasteiger partial charge in [0.1, 0.15) is 0 Å². The van der Waals surface area contributed by atoms with Gasteiger partial charge in [0.05, 0.1) is 0 Å². The number of aromatic amines is 1. The Balaban J connectivity index is 1.35. The summed E-state index contributed by atoms with van der Waals surface area (Å²) < 4.78 is 10.9. The minimum atomic E-state index is 0.173. The molecule has 1 aliphatic carbocycles. The molecule has 0 spiro atoms. The first-order valence-electron chi connectivity index (χ1n) is 10.5. The Morgan fingerprint density at radius 3 is 2.79 bits per heavy atom. The Morgan fingerprint density at radius 1 is 1.07 bits per heavy atom. The van der Waals surface area contributed by atoms with Crippen molar-refractivity contribution in [2.45, 2.75) is 38.6 Å². The van der Waals surface area contributed by atoms with Gasteiger partial charge in [-0.15, -0.1) is 0 Å². The number of carbonyl (C=O) groups is 1. The van der Waals surface area contributed by atoms with Crippen molar-refractivity contribution < 1.29 is 14.3 Å². The van der Waals surface area contributed by atoms with Gasteiger partial charge in [-0.1, -0.05) is 37.1 Å². The first kappa shape index (κ1) is 18.1. The van der Waals surface area contributed by atoms with E-state index < -0.39 is 0 Å². The highest BCUT2D eigenvalue weighted by molar-refractivity contribution is 5.83. The highest BCUT2D eigenvalue weighted by atomic mass is 16.7. The number of para-hydroxylation sites is 1. The fraction of sp³-hybridized carbons (Fsp3) is 0.375. The van der Waals surface area contributed by atoms with Crippen LogP contribution < -0.4 is 9.47 Å². The number of H-pyrrole nitrogens is 1. The molecule has 29 heavy (non-hydrogen) atoms. The quantitative estimate of drug-likeness (QED) is 0.666. The van der Waals surface area contributed by atoms with Gasteiger partial charge in [-0.3, -0.25) is 4.79 Å². The zero-order valence-electron chi connectivity index (χ0n) is 16.5. The Hall–Kier alpha value is -2.95. The molecule has 1 fully saturated rings. The summed E-state index contributed by atoms with van der Waals surface area (Å²) in [5, 5.41) is 1.24. The van der Waals surface area contributed by atoms with E-state index in [-0.39, 0.29) is 12.7 Å². The Morgan fingerprint density at radius 2 is 1.90 bits per heavy atom. The molecule has 1 amide bonds. The molecule has 1 N–H and O–H groups in total. The summed E-state index contributed by atoms with van der Waals surface area (Å²) in [6.07, 6.45) is 7.27. The van der Waals surface area contributed by atoms with Crippen LogP contribution in [-0.2, 0) is 17.8 Å². The fourth-order valence-corrected chi connectivity index (χ4v) is 4.55. The lowest BCUT2D eigenvalue weighted by Crippen LogP contribution is -2.36. The number of carbonyl (C=O) groups excluding carboxylic acids is 1. The van der Waals surface area contributed by atoms with E-state index in [2.05, 4.69) is 29.4 Å².